The summed E-state index contributed by atoms with van der Waals surface area (Å²) in [6, 6.07) is 7.64. The molecule has 1 aromatic carbocycles. The van der Waals surface area contributed by atoms with E-state index >= 15 is 0 Å². The van der Waals surface area contributed by atoms with Gasteiger partial charge in [-0.05, 0) is 44.4 Å². The number of benzene rings is 1. The molecule has 0 aliphatic carbocycles. The van der Waals surface area contributed by atoms with Crippen molar-refractivity contribution in [2.24, 2.45) is 0 Å². The molecule has 0 aliphatic heterocycles. The van der Waals surface area contributed by atoms with E-state index in [0.717, 1.165) is 28.0 Å². The molecule has 154 valence electrons. The van der Waals surface area contributed by atoms with Gasteiger partial charge in [-0.3, -0.25) is 4.79 Å². The summed E-state index contributed by atoms with van der Waals surface area (Å²) in [7, 11) is 0. The van der Waals surface area contributed by atoms with Gasteiger partial charge in [-0.2, -0.15) is 0 Å². The van der Waals surface area contributed by atoms with Crippen LogP contribution in [0.3, 0.4) is 0 Å². The average Bonchev–Trinajstić information content (AvgIpc) is 3.01. The molecule has 0 fully saturated rings. The predicted octanol–water partition coefficient (Wildman–Crippen LogP) is 4.30. The van der Waals surface area contributed by atoms with E-state index < -0.39 is 24.5 Å². The van der Waals surface area contributed by atoms with Crippen LogP contribution in [0.25, 0.3) is 6.08 Å². The molecule has 2 rings (SSSR count). The molecule has 7 heteroatoms. The maximum atomic E-state index is 12.2. The van der Waals surface area contributed by atoms with Crippen LogP contribution in [0.4, 0.5) is 5.00 Å². The van der Waals surface area contributed by atoms with Crippen LogP contribution in [0.5, 0.6) is 0 Å². The van der Waals surface area contributed by atoms with E-state index in [-0.39, 0.29) is 6.61 Å². The van der Waals surface area contributed by atoms with E-state index in [1.807, 2.05) is 45.0 Å². The molecule has 6 nitrogen and oxygen atoms in total. The van der Waals surface area contributed by atoms with Crippen molar-refractivity contribution in [3.63, 3.8) is 0 Å². The van der Waals surface area contributed by atoms with Gasteiger partial charge in [0.15, 0.2) is 6.61 Å². The Bertz CT molecular complexity index is 912. The van der Waals surface area contributed by atoms with Gasteiger partial charge >= 0.3 is 11.9 Å². The molecule has 0 bridgehead atoms. The van der Waals surface area contributed by atoms with Crippen LogP contribution in [0, 0.1) is 13.8 Å². The van der Waals surface area contributed by atoms with Crippen LogP contribution in [-0.4, -0.2) is 31.1 Å². The number of carbonyl (C=O) groups excluding carboxylic acids is 3. The van der Waals surface area contributed by atoms with Crippen LogP contribution in [0.2, 0.25) is 0 Å². The SMILES string of the molecule is CCOC(=O)c1c(NC(=O)COC(=O)/C=C/c2ccc(C)cc2)sc(CC)c1C. The lowest BCUT2D eigenvalue weighted by Gasteiger charge is -2.07. The quantitative estimate of drug-likeness (QED) is 0.513. The maximum Gasteiger partial charge on any atom is 0.341 e. The minimum atomic E-state index is -0.622. The van der Waals surface area contributed by atoms with E-state index in [0.29, 0.717) is 10.6 Å². The van der Waals surface area contributed by atoms with Gasteiger partial charge in [0.1, 0.15) is 5.00 Å². The van der Waals surface area contributed by atoms with Crippen molar-refractivity contribution in [2.45, 2.75) is 34.1 Å². The van der Waals surface area contributed by atoms with Crippen molar-refractivity contribution in [1.82, 2.24) is 0 Å². The van der Waals surface area contributed by atoms with Crippen molar-refractivity contribution >= 4 is 40.3 Å². The normalized spacial score (nSPS) is 10.8. The lowest BCUT2D eigenvalue weighted by Crippen LogP contribution is -2.21. The third kappa shape index (κ3) is 6.29. The summed E-state index contributed by atoms with van der Waals surface area (Å²) < 4.78 is 10.1. The number of rotatable bonds is 8. The third-order valence-corrected chi connectivity index (χ3v) is 5.49. The standard InChI is InChI=1S/C22H25NO5S/c1-5-17-15(4)20(22(26)27-6-2)21(29-17)23-18(24)13-28-19(25)12-11-16-9-7-14(3)8-10-16/h7-12H,5-6,13H2,1-4H3,(H,23,24)/b12-11+. The summed E-state index contributed by atoms with van der Waals surface area (Å²) >= 11 is 1.32. The molecule has 2 aromatic rings. The van der Waals surface area contributed by atoms with E-state index in [4.69, 9.17) is 9.47 Å². The zero-order valence-corrected chi connectivity index (χ0v) is 17.9. The minimum absolute atomic E-state index is 0.244. The summed E-state index contributed by atoms with van der Waals surface area (Å²) in [5, 5.41) is 3.07. The van der Waals surface area contributed by atoms with E-state index in [1.54, 1.807) is 13.0 Å². The fourth-order valence-electron chi connectivity index (χ4n) is 2.62. The fourth-order valence-corrected chi connectivity index (χ4v) is 3.77. The van der Waals surface area contributed by atoms with Crippen LogP contribution in [0.15, 0.2) is 30.3 Å². The second kappa shape index (κ2) is 10.6. The molecule has 0 aliphatic rings. The van der Waals surface area contributed by atoms with E-state index in [2.05, 4.69) is 5.32 Å². The summed E-state index contributed by atoms with van der Waals surface area (Å²) in [6.07, 6.45) is 3.62. The number of hydrogen-bond donors (Lipinski definition) is 1. The molecular formula is C22H25NO5S. The van der Waals surface area contributed by atoms with Gasteiger partial charge in [0.25, 0.3) is 5.91 Å². The first-order chi connectivity index (χ1) is 13.8. The van der Waals surface area contributed by atoms with Gasteiger partial charge in [0.05, 0.1) is 12.2 Å². The Hall–Kier alpha value is -2.93. The zero-order valence-electron chi connectivity index (χ0n) is 17.0. The number of carbonyl (C=O) groups is 3. The van der Waals surface area contributed by atoms with Gasteiger partial charge in [0.2, 0.25) is 0 Å². The molecule has 1 aromatic heterocycles. The van der Waals surface area contributed by atoms with Crippen molar-refractivity contribution in [2.75, 3.05) is 18.5 Å². The van der Waals surface area contributed by atoms with Crippen molar-refractivity contribution < 1.29 is 23.9 Å². The van der Waals surface area contributed by atoms with Crippen molar-refractivity contribution in [3.8, 4) is 0 Å². The van der Waals surface area contributed by atoms with Crippen molar-refractivity contribution in [3.05, 3.63) is 57.5 Å². The van der Waals surface area contributed by atoms with Crippen LogP contribution in [-0.2, 0) is 25.5 Å². The highest BCUT2D eigenvalue weighted by Crippen LogP contribution is 2.34. The molecule has 0 radical (unpaired) electrons. The molecule has 1 N–H and O–H groups in total. The van der Waals surface area contributed by atoms with Crippen molar-refractivity contribution in [1.29, 1.82) is 0 Å². The number of thiophene rings is 1. The lowest BCUT2D eigenvalue weighted by atomic mass is 10.1. The van der Waals surface area contributed by atoms with Gasteiger partial charge in [-0.15, -0.1) is 11.3 Å². The average molecular weight is 416 g/mol. The zero-order chi connectivity index (χ0) is 21.4. The molecule has 0 saturated heterocycles. The number of ether oxygens (including phenoxy) is 2. The molecule has 0 atom stereocenters. The number of aryl methyl sites for hydroxylation is 2. The number of anilines is 1. The predicted molar refractivity (Wildman–Crippen MR) is 114 cm³/mol. The Balaban J connectivity index is 1.97. The van der Waals surface area contributed by atoms with Gasteiger partial charge < -0.3 is 14.8 Å². The van der Waals surface area contributed by atoms with Gasteiger partial charge in [-0.1, -0.05) is 36.8 Å². The fraction of sp³-hybridized carbons (Fsp3) is 0.318. The molecule has 0 spiro atoms. The number of amides is 1. The monoisotopic (exact) mass is 415 g/mol. The molecule has 0 unspecified atom stereocenters. The Morgan fingerprint density at radius 2 is 1.76 bits per heavy atom. The topological polar surface area (TPSA) is 81.7 Å². The largest absolute Gasteiger partial charge is 0.462 e. The Morgan fingerprint density at radius 3 is 2.38 bits per heavy atom. The first-order valence-corrected chi connectivity index (χ1v) is 10.2. The summed E-state index contributed by atoms with van der Waals surface area (Å²) in [5.74, 6) is -1.62. The second-order valence-corrected chi connectivity index (χ2v) is 7.43. The van der Waals surface area contributed by atoms with Crippen LogP contribution >= 0.6 is 11.3 Å². The highest BCUT2D eigenvalue weighted by molar-refractivity contribution is 7.17. The second-order valence-electron chi connectivity index (χ2n) is 6.33. The van der Waals surface area contributed by atoms with Gasteiger partial charge in [-0.25, -0.2) is 9.59 Å². The number of hydrogen-bond acceptors (Lipinski definition) is 6. The minimum Gasteiger partial charge on any atom is -0.462 e. The van der Waals surface area contributed by atoms with Crippen LogP contribution < -0.4 is 5.32 Å². The Morgan fingerprint density at radius 1 is 1.07 bits per heavy atom. The summed E-state index contributed by atoms with van der Waals surface area (Å²) in [6.45, 7) is 7.30. The van der Waals surface area contributed by atoms with E-state index in [1.165, 1.54) is 17.4 Å². The molecular weight excluding hydrogens is 390 g/mol. The first-order valence-electron chi connectivity index (χ1n) is 9.36. The van der Waals surface area contributed by atoms with Crippen LogP contribution in [0.1, 0.15) is 45.8 Å². The molecule has 0 saturated carbocycles. The highest BCUT2D eigenvalue weighted by atomic mass is 32.1. The first kappa shape index (κ1) is 22.4. The molecule has 29 heavy (non-hydrogen) atoms. The smallest absolute Gasteiger partial charge is 0.341 e. The lowest BCUT2D eigenvalue weighted by molar-refractivity contribution is -0.142. The number of nitrogens with one attached hydrogen (secondary N) is 1. The van der Waals surface area contributed by atoms with E-state index in [9.17, 15) is 14.4 Å². The summed E-state index contributed by atoms with van der Waals surface area (Å²) in [5.41, 5.74) is 3.13. The Labute approximate surface area is 174 Å². The molecule has 1 heterocycles. The summed E-state index contributed by atoms with van der Waals surface area (Å²) in [4.78, 5) is 37.3. The molecule has 1 amide bonds. The maximum absolute atomic E-state index is 12.2. The number of esters is 2. The third-order valence-electron chi connectivity index (χ3n) is 4.13. The highest BCUT2D eigenvalue weighted by Gasteiger charge is 2.23. The van der Waals surface area contributed by atoms with Gasteiger partial charge in [0, 0.05) is 11.0 Å². The Kier molecular flexibility index (Phi) is 8.15.